The lowest BCUT2D eigenvalue weighted by Gasteiger charge is -2.57. The van der Waals surface area contributed by atoms with Gasteiger partial charge >= 0.3 is 5.97 Å². The highest BCUT2D eigenvalue weighted by Crippen LogP contribution is 2.78. The number of carbonyl (C=O) groups excluding carboxylic acids is 1. The molecule has 27 heavy (non-hydrogen) atoms. The normalized spacial score (nSPS) is 52.7. The average molecular weight is 370 g/mol. The fraction of sp³-hybridized carbons (Fsp3) is 0.783. The maximum Gasteiger partial charge on any atom is 0.306 e. The van der Waals surface area contributed by atoms with E-state index >= 15 is 0 Å². The molecular weight excluding hydrogens is 338 g/mol. The van der Waals surface area contributed by atoms with Gasteiger partial charge in [0.2, 0.25) is 0 Å². The maximum absolute atomic E-state index is 12.1. The van der Waals surface area contributed by atoms with Gasteiger partial charge in [0.1, 0.15) is 5.60 Å². The number of fused-ring (bicyclic) bond motifs is 9. The second-order valence-electron chi connectivity index (χ2n) is 10.5. The van der Waals surface area contributed by atoms with Crippen LogP contribution in [0.1, 0.15) is 58.3 Å². The second-order valence-corrected chi connectivity index (χ2v) is 10.5. The topological polar surface area (TPSA) is 72.5 Å². The van der Waals surface area contributed by atoms with Gasteiger partial charge in [0, 0.05) is 23.5 Å². The van der Waals surface area contributed by atoms with Gasteiger partial charge in [0.05, 0.1) is 6.61 Å². The van der Waals surface area contributed by atoms with Crippen LogP contribution in [0.4, 0.5) is 0 Å². The smallest absolute Gasteiger partial charge is 0.306 e. The van der Waals surface area contributed by atoms with Gasteiger partial charge in [-0.15, -0.1) is 0 Å². The summed E-state index contributed by atoms with van der Waals surface area (Å²) in [7, 11) is 0. The summed E-state index contributed by atoms with van der Waals surface area (Å²) in [6, 6.07) is 0. The standard InChI is InChI=1S/C23H31NO3/c1-22-6-4-15-14-3-2-13(24)9-16(14)12(11-25)8-17(15)21(22)18-10-19(18)23(22)7-5-20(26)27-23/h9,14-15,17-19,21,25H,2-8,10-11,24H2,1H3/t14-,15?,17?,18?,19?,21?,22+,23+/m1/s1. The second kappa shape index (κ2) is 5.20. The van der Waals surface area contributed by atoms with Crippen molar-refractivity contribution in [2.45, 2.75) is 63.9 Å². The van der Waals surface area contributed by atoms with Gasteiger partial charge in [-0.25, -0.2) is 0 Å². The van der Waals surface area contributed by atoms with Gasteiger partial charge in [-0.1, -0.05) is 6.92 Å². The van der Waals surface area contributed by atoms with Gasteiger partial charge in [0.25, 0.3) is 0 Å². The Morgan fingerprint density at radius 2 is 2.07 bits per heavy atom. The van der Waals surface area contributed by atoms with Crippen molar-refractivity contribution in [1.82, 2.24) is 0 Å². The SMILES string of the molecule is C[C@]12CCC3C(CC(CO)=C4C=C(N)CC[C@@H]43)C1C1CC1[C@@]21CCC(=O)O1. The minimum absolute atomic E-state index is 0.0272. The van der Waals surface area contributed by atoms with Crippen LogP contribution in [0.5, 0.6) is 0 Å². The molecule has 0 aromatic carbocycles. The fourth-order valence-corrected chi connectivity index (χ4v) is 8.70. The van der Waals surface area contributed by atoms with Crippen LogP contribution in [0, 0.1) is 40.9 Å². The summed E-state index contributed by atoms with van der Waals surface area (Å²) in [5.74, 6) is 3.94. The van der Waals surface area contributed by atoms with Gasteiger partial charge in [0.15, 0.2) is 0 Å². The molecule has 4 heteroatoms. The first kappa shape index (κ1) is 16.6. The van der Waals surface area contributed by atoms with E-state index < -0.39 is 0 Å². The fourth-order valence-electron chi connectivity index (χ4n) is 8.70. The predicted molar refractivity (Wildman–Crippen MR) is 101 cm³/mol. The molecule has 3 N–H and O–H groups in total. The van der Waals surface area contributed by atoms with Crippen molar-refractivity contribution < 1.29 is 14.6 Å². The molecule has 0 amide bonds. The molecule has 1 spiro atoms. The van der Waals surface area contributed by atoms with Crippen LogP contribution in [0.2, 0.25) is 0 Å². The maximum atomic E-state index is 12.1. The molecule has 4 nitrogen and oxygen atoms in total. The molecule has 8 atom stereocenters. The summed E-state index contributed by atoms with van der Waals surface area (Å²) < 4.78 is 6.16. The molecule has 3 saturated carbocycles. The quantitative estimate of drug-likeness (QED) is 0.696. The molecule has 0 radical (unpaired) electrons. The number of ether oxygens (including phenoxy) is 1. The first-order valence-corrected chi connectivity index (χ1v) is 11.0. The molecule has 6 aliphatic rings. The lowest BCUT2D eigenvalue weighted by molar-refractivity contribution is -0.173. The van der Waals surface area contributed by atoms with Crippen molar-refractivity contribution in [3.8, 4) is 0 Å². The first-order chi connectivity index (χ1) is 13.0. The third kappa shape index (κ3) is 1.91. The Hall–Kier alpha value is -1.29. The van der Waals surface area contributed by atoms with E-state index in [9.17, 15) is 9.90 Å². The van der Waals surface area contributed by atoms with E-state index in [2.05, 4.69) is 13.0 Å². The van der Waals surface area contributed by atoms with Crippen molar-refractivity contribution in [2.75, 3.05) is 6.61 Å². The third-order valence-corrected chi connectivity index (χ3v) is 9.69. The van der Waals surface area contributed by atoms with E-state index in [0.29, 0.717) is 36.0 Å². The minimum atomic E-state index is -0.176. The highest BCUT2D eigenvalue weighted by molar-refractivity contribution is 5.73. The summed E-state index contributed by atoms with van der Waals surface area (Å²) in [5, 5.41) is 10.1. The lowest BCUT2D eigenvalue weighted by Crippen LogP contribution is -2.55. The van der Waals surface area contributed by atoms with Crippen molar-refractivity contribution >= 4 is 5.97 Å². The van der Waals surface area contributed by atoms with Crippen LogP contribution in [0.3, 0.4) is 0 Å². The number of aliphatic hydroxyl groups is 1. The zero-order chi connectivity index (χ0) is 18.6. The Morgan fingerprint density at radius 3 is 2.81 bits per heavy atom. The minimum Gasteiger partial charge on any atom is -0.458 e. The van der Waals surface area contributed by atoms with E-state index in [4.69, 9.17) is 10.5 Å². The van der Waals surface area contributed by atoms with Gasteiger partial charge < -0.3 is 15.6 Å². The molecule has 6 rings (SSSR count). The Kier molecular flexibility index (Phi) is 3.20. The van der Waals surface area contributed by atoms with Gasteiger partial charge in [-0.3, -0.25) is 4.79 Å². The zero-order valence-electron chi connectivity index (χ0n) is 16.2. The molecular formula is C23H31NO3. The highest BCUT2D eigenvalue weighted by Gasteiger charge is 2.78. The summed E-state index contributed by atoms with van der Waals surface area (Å²) in [5.41, 5.74) is 9.68. The summed E-state index contributed by atoms with van der Waals surface area (Å²) in [6.07, 6.45) is 10.5. The number of carbonyl (C=O) groups is 1. The summed E-state index contributed by atoms with van der Waals surface area (Å²) in [4.78, 5) is 12.1. The molecule has 0 aromatic heterocycles. The molecule has 0 aromatic rings. The van der Waals surface area contributed by atoms with E-state index in [0.717, 1.165) is 37.3 Å². The van der Waals surface area contributed by atoms with Crippen LogP contribution in [-0.2, 0) is 9.53 Å². The van der Waals surface area contributed by atoms with Crippen LogP contribution in [-0.4, -0.2) is 23.3 Å². The number of hydrogen-bond acceptors (Lipinski definition) is 4. The molecule has 0 bridgehead atoms. The van der Waals surface area contributed by atoms with E-state index in [-0.39, 0.29) is 23.6 Å². The van der Waals surface area contributed by atoms with E-state index in [1.807, 2.05) is 0 Å². The van der Waals surface area contributed by atoms with Crippen molar-refractivity contribution in [3.05, 3.63) is 22.9 Å². The third-order valence-electron chi connectivity index (χ3n) is 9.69. The van der Waals surface area contributed by atoms with Gasteiger partial charge in [-0.05, 0) is 91.8 Å². The van der Waals surface area contributed by atoms with E-state index in [1.54, 1.807) is 0 Å². The Morgan fingerprint density at radius 1 is 1.22 bits per heavy atom. The summed E-state index contributed by atoms with van der Waals surface area (Å²) in [6.45, 7) is 2.60. The number of rotatable bonds is 1. The number of esters is 1. The van der Waals surface area contributed by atoms with Crippen LogP contribution in [0.15, 0.2) is 22.9 Å². The Labute approximate surface area is 161 Å². The Bertz CT molecular complexity index is 784. The van der Waals surface area contributed by atoms with E-state index in [1.165, 1.54) is 30.4 Å². The van der Waals surface area contributed by atoms with Gasteiger partial charge in [-0.2, -0.15) is 0 Å². The lowest BCUT2D eigenvalue weighted by atomic mass is 9.49. The first-order valence-electron chi connectivity index (χ1n) is 11.0. The number of hydrogen-bond donors (Lipinski definition) is 2. The highest BCUT2D eigenvalue weighted by atomic mass is 16.6. The average Bonchev–Trinajstić information content (AvgIpc) is 3.29. The predicted octanol–water partition coefficient (Wildman–Crippen LogP) is 3.31. The van der Waals surface area contributed by atoms with Crippen molar-refractivity contribution in [1.29, 1.82) is 0 Å². The number of aliphatic hydroxyl groups excluding tert-OH is 1. The molecule has 146 valence electrons. The van der Waals surface area contributed by atoms with Crippen LogP contribution < -0.4 is 5.73 Å². The van der Waals surface area contributed by atoms with Crippen molar-refractivity contribution in [2.24, 2.45) is 46.7 Å². The molecule has 5 aliphatic carbocycles. The Balaban J connectivity index is 1.42. The molecule has 1 saturated heterocycles. The number of nitrogens with two attached hydrogens (primary N) is 1. The molecule has 1 aliphatic heterocycles. The molecule has 5 unspecified atom stereocenters. The van der Waals surface area contributed by atoms with Crippen LogP contribution in [0.25, 0.3) is 0 Å². The van der Waals surface area contributed by atoms with Crippen LogP contribution >= 0.6 is 0 Å². The largest absolute Gasteiger partial charge is 0.458 e. The molecule has 1 heterocycles. The zero-order valence-corrected chi connectivity index (χ0v) is 16.2. The number of allylic oxidation sites excluding steroid dienone is 3. The molecule has 4 fully saturated rings. The van der Waals surface area contributed by atoms with Crippen molar-refractivity contribution in [3.63, 3.8) is 0 Å². The summed E-state index contributed by atoms with van der Waals surface area (Å²) >= 11 is 0. The monoisotopic (exact) mass is 369 g/mol.